The molecule has 0 heterocycles. The van der Waals surface area contributed by atoms with Gasteiger partial charge >= 0.3 is 0 Å². The lowest BCUT2D eigenvalue weighted by atomic mass is 9.99. The smallest absolute Gasteiger partial charge is 0.258 e. The van der Waals surface area contributed by atoms with Gasteiger partial charge in [-0.15, -0.1) is 0 Å². The van der Waals surface area contributed by atoms with Crippen LogP contribution in [0.2, 0.25) is 0 Å². The Morgan fingerprint density at radius 1 is 1.04 bits per heavy atom. The molecule has 2 aromatic rings. The molecule has 1 atom stereocenters. The average Bonchev–Trinajstić information content (AvgIpc) is 2.60. The molecule has 1 amide bonds. The van der Waals surface area contributed by atoms with Gasteiger partial charge in [-0.2, -0.15) is 0 Å². The number of nitrogens with one attached hydrogen (secondary N) is 1. The molecule has 3 heteroatoms. The van der Waals surface area contributed by atoms with Gasteiger partial charge in [0, 0.05) is 0 Å². The summed E-state index contributed by atoms with van der Waals surface area (Å²) in [5.74, 6) is 0.626. The molecule has 0 spiro atoms. The molecule has 0 fully saturated rings. The molecule has 0 saturated carbocycles. The third-order valence-corrected chi connectivity index (χ3v) is 4.38. The van der Waals surface area contributed by atoms with Gasteiger partial charge < -0.3 is 10.1 Å². The Bertz CT molecular complexity index is 677. The number of hydrogen-bond donors (Lipinski definition) is 1. The molecule has 128 valence electrons. The number of benzene rings is 2. The second-order valence-electron chi connectivity index (χ2n) is 6.16. The van der Waals surface area contributed by atoms with Crippen molar-refractivity contribution in [2.24, 2.45) is 0 Å². The zero-order valence-electron chi connectivity index (χ0n) is 15.1. The lowest BCUT2D eigenvalue weighted by Crippen LogP contribution is -2.32. The molecule has 0 aromatic heterocycles. The van der Waals surface area contributed by atoms with E-state index in [1.807, 2.05) is 24.3 Å². The van der Waals surface area contributed by atoms with Crippen molar-refractivity contribution in [2.45, 2.75) is 46.6 Å². The Balaban J connectivity index is 1.92. The number of amides is 1. The normalized spacial score (nSPS) is 11.8. The molecule has 24 heavy (non-hydrogen) atoms. The van der Waals surface area contributed by atoms with Gasteiger partial charge in [0.1, 0.15) is 5.75 Å². The highest BCUT2D eigenvalue weighted by Crippen LogP contribution is 2.20. The fourth-order valence-electron chi connectivity index (χ4n) is 2.61. The van der Waals surface area contributed by atoms with Crippen molar-refractivity contribution in [1.82, 2.24) is 5.32 Å². The largest absolute Gasteiger partial charge is 0.484 e. The predicted octanol–water partition coefficient (Wildman–Crippen LogP) is 4.51. The van der Waals surface area contributed by atoms with E-state index in [0.717, 1.165) is 24.2 Å². The third kappa shape index (κ3) is 4.85. The number of carbonyl (C=O) groups is 1. The monoisotopic (exact) mass is 325 g/mol. The maximum Gasteiger partial charge on any atom is 0.258 e. The SMILES string of the molecule is CCc1ccc(OCC(=O)NC(CC)c2ccc(C)c(C)c2)cc1. The summed E-state index contributed by atoms with van der Waals surface area (Å²) in [5, 5.41) is 3.06. The van der Waals surface area contributed by atoms with Gasteiger partial charge in [-0.25, -0.2) is 0 Å². The van der Waals surface area contributed by atoms with E-state index in [2.05, 4.69) is 51.2 Å². The predicted molar refractivity (Wildman–Crippen MR) is 98.4 cm³/mol. The Labute approximate surface area is 145 Å². The van der Waals surface area contributed by atoms with Crippen LogP contribution in [0.15, 0.2) is 42.5 Å². The summed E-state index contributed by atoms with van der Waals surface area (Å²) in [7, 11) is 0. The van der Waals surface area contributed by atoms with Crippen LogP contribution in [0.1, 0.15) is 48.6 Å². The number of rotatable bonds is 7. The topological polar surface area (TPSA) is 38.3 Å². The van der Waals surface area contributed by atoms with Gasteiger partial charge in [0.05, 0.1) is 6.04 Å². The van der Waals surface area contributed by atoms with E-state index in [-0.39, 0.29) is 18.6 Å². The molecule has 0 bridgehead atoms. The van der Waals surface area contributed by atoms with E-state index < -0.39 is 0 Å². The fourth-order valence-corrected chi connectivity index (χ4v) is 2.61. The van der Waals surface area contributed by atoms with Gasteiger partial charge in [0.15, 0.2) is 6.61 Å². The molecule has 0 radical (unpaired) electrons. The lowest BCUT2D eigenvalue weighted by Gasteiger charge is -2.19. The van der Waals surface area contributed by atoms with Crippen LogP contribution >= 0.6 is 0 Å². The summed E-state index contributed by atoms with van der Waals surface area (Å²) >= 11 is 0. The molecule has 1 unspecified atom stereocenters. The van der Waals surface area contributed by atoms with E-state index >= 15 is 0 Å². The zero-order valence-corrected chi connectivity index (χ0v) is 15.1. The fraction of sp³-hybridized carbons (Fsp3) is 0.381. The molecule has 2 aromatic carbocycles. The van der Waals surface area contributed by atoms with Gasteiger partial charge in [0.25, 0.3) is 5.91 Å². The van der Waals surface area contributed by atoms with E-state index in [4.69, 9.17) is 4.74 Å². The maximum atomic E-state index is 12.2. The summed E-state index contributed by atoms with van der Waals surface area (Å²) in [6.07, 6.45) is 1.84. The molecule has 0 aliphatic rings. The van der Waals surface area contributed by atoms with Crippen molar-refractivity contribution in [1.29, 1.82) is 0 Å². The van der Waals surface area contributed by atoms with Crippen LogP contribution in [0, 0.1) is 13.8 Å². The third-order valence-electron chi connectivity index (χ3n) is 4.38. The first-order valence-electron chi connectivity index (χ1n) is 8.61. The lowest BCUT2D eigenvalue weighted by molar-refractivity contribution is -0.123. The minimum absolute atomic E-state index is 0.0165. The molecule has 0 aliphatic heterocycles. The molecular weight excluding hydrogens is 298 g/mol. The first kappa shape index (κ1) is 18.1. The van der Waals surface area contributed by atoms with Crippen LogP contribution in [0.25, 0.3) is 0 Å². The Morgan fingerprint density at radius 3 is 2.33 bits per heavy atom. The standard InChI is InChI=1S/C21H27NO2/c1-5-17-8-11-19(12-9-17)24-14-21(23)22-20(6-2)18-10-7-15(3)16(4)13-18/h7-13,20H,5-6,14H2,1-4H3,(H,22,23). The van der Waals surface area contributed by atoms with Crippen molar-refractivity contribution in [3.8, 4) is 5.75 Å². The first-order valence-corrected chi connectivity index (χ1v) is 8.61. The van der Waals surface area contributed by atoms with Crippen molar-refractivity contribution in [2.75, 3.05) is 6.61 Å². The summed E-state index contributed by atoms with van der Waals surface area (Å²) in [5.41, 5.74) is 4.90. The Hall–Kier alpha value is -2.29. The highest BCUT2D eigenvalue weighted by Gasteiger charge is 2.13. The first-order chi connectivity index (χ1) is 11.5. The zero-order chi connectivity index (χ0) is 17.5. The molecular formula is C21H27NO2. The van der Waals surface area contributed by atoms with Crippen molar-refractivity contribution < 1.29 is 9.53 Å². The minimum Gasteiger partial charge on any atom is -0.484 e. The number of hydrogen-bond acceptors (Lipinski definition) is 2. The molecule has 0 saturated heterocycles. The van der Waals surface area contributed by atoms with E-state index in [0.29, 0.717) is 0 Å². The Kier molecular flexibility index (Phi) is 6.42. The molecule has 3 nitrogen and oxygen atoms in total. The summed E-state index contributed by atoms with van der Waals surface area (Å²) in [6.45, 7) is 8.41. The van der Waals surface area contributed by atoms with Crippen LogP contribution in [0.4, 0.5) is 0 Å². The molecule has 1 N–H and O–H groups in total. The number of aryl methyl sites for hydroxylation is 3. The van der Waals surface area contributed by atoms with Crippen LogP contribution in [-0.4, -0.2) is 12.5 Å². The summed E-state index contributed by atoms with van der Waals surface area (Å²) in [4.78, 5) is 12.2. The van der Waals surface area contributed by atoms with Crippen LogP contribution in [0.3, 0.4) is 0 Å². The Morgan fingerprint density at radius 2 is 1.75 bits per heavy atom. The second kappa shape index (κ2) is 8.53. The highest BCUT2D eigenvalue weighted by atomic mass is 16.5. The van der Waals surface area contributed by atoms with Gasteiger partial charge in [0.2, 0.25) is 0 Å². The minimum atomic E-state index is -0.0975. The van der Waals surface area contributed by atoms with Gasteiger partial charge in [-0.3, -0.25) is 4.79 Å². The summed E-state index contributed by atoms with van der Waals surface area (Å²) in [6, 6.07) is 14.2. The molecule has 2 rings (SSSR count). The van der Waals surface area contributed by atoms with Crippen LogP contribution < -0.4 is 10.1 Å². The van der Waals surface area contributed by atoms with Crippen molar-refractivity contribution in [3.05, 3.63) is 64.7 Å². The van der Waals surface area contributed by atoms with E-state index in [9.17, 15) is 4.79 Å². The number of ether oxygens (including phenoxy) is 1. The van der Waals surface area contributed by atoms with Gasteiger partial charge in [-0.05, 0) is 61.1 Å². The van der Waals surface area contributed by atoms with Crippen molar-refractivity contribution >= 4 is 5.91 Å². The van der Waals surface area contributed by atoms with E-state index in [1.165, 1.54) is 16.7 Å². The molecule has 0 aliphatic carbocycles. The van der Waals surface area contributed by atoms with E-state index in [1.54, 1.807) is 0 Å². The number of carbonyl (C=O) groups excluding carboxylic acids is 1. The van der Waals surface area contributed by atoms with Crippen LogP contribution in [0.5, 0.6) is 5.75 Å². The second-order valence-corrected chi connectivity index (χ2v) is 6.16. The highest BCUT2D eigenvalue weighted by molar-refractivity contribution is 5.78. The quantitative estimate of drug-likeness (QED) is 0.813. The summed E-state index contributed by atoms with van der Waals surface area (Å²) < 4.78 is 5.58. The maximum absolute atomic E-state index is 12.2. The van der Waals surface area contributed by atoms with Gasteiger partial charge in [-0.1, -0.05) is 44.2 Å². The van der Waals surface area contributed by atoms with Crippen molar-refractivity contribution in [3.63, 3.8) is 0 Å². The van der Waals surface area contributed by atoms with Crippen LogP contribution in [-0.2, 0) is 11.2 Å². The average molecular weight is 325 g/mol.